The molecule has 0 atom stereocenters. The number of hydrogen-bond donors (Lipinski definition) is 1. The van der Waals surface area contributed by atoms with Gasteiger partial charge in [-0.25, -0.2) is 9.78 Å². The van der Waals surface area contributed by atoms with Crippen LogP contribution in [0, 0.1) is 6.92 Å². The predicted octanol–water partition coefficient (Wildman–Crippen LogP) is 3.78. The molecule has 0 amide bonds. The van der Waals surface area contributed by atoms with Crippen molar-refractivity contribution in [2.45, 2.75) is 20.3 Å². The minimum atomic E-state index is -0.418. The van der Waals surface area contributed by atoms with E-state index in [0.717, 1.165) is 4.88 Å². The number of nitrogens with zero attached hydrogens (tertiary/aromatic N) is 1. The van der Waals surface area contributed by atoms with E-state index in [0.29, 0.717) is 43.8 Å². The topological polar surface area (TPSA) is 72.0 Å². The largest absolute Gasteiger partial charge is 0.462 e. The van der Waals surface area contributed by atoms with E-state index < -0.39 is 5.97 Å². The Hall–Kier alpha value is -1.70. The standard InChI is InChI=1S/C15H13ClN2O3S2/c1-3-21-15(20)12-7(2)11-13(19)17-10(18-14(11)23-12)6-8-4-5-9(16)22-8/h4-5H,3,6H2,1-2H3,(H,17,18,19). The van der Waals surface area contributed by atoms with Crippen LogP contribution in [0.25, 0.3) is 10.2 Å². The number of carbonyl (C=O) groups excluding carboxylic acids is 1. The smallest absolute Gasteiger partial charge is 0.348 e. The van der Waals surface area contributed by atoms with Crippen molar-refractivity contribution >= 4 is 50.5 Å². The Kier molecular flexibility index (Phi) is 4.52. The Morgan fingerprint density at radius 1 is 1.39 bits per heavy atom. The van der Waals surface area contributed by atoms with E-state index >= 15 is 0 Å². The van der Waals surface area contributed by atoms with Crippen LogP contribution in [-0.4, -0.2) is 22.5 Å². The van der Waals surface area contributed by atoms with Gasteiger partial charge in [-0.15, -0.1) is 22.7 Å². The summed E-state index contributed by atoms with van der Waals surface area (Å²) >= 11 is 8.55. The second-order valence-electron chi connectivity index (χ2n) is 4.85. The highest BCUT2D eigenvalue weighted by Crippen LogP contribution is 2.28. The van der Waals surface area contributed by atoms with Crippen LogP contribution < -0.4 is 5.56 Å². The average molecular weight is 369 g/mol. The molecule has 0 bridgehead atoms. The Morgan fingerprint density at radius 3 is 2.83 bits per heavy atom. The maximum absolute atomic E-state index is 12.3. The molecule has 120 valence electrons. The highest BCUT2D eigenvalue weighted by Gasteiger charge is 2.20. The molecule has 5 nitrogen and oxygen atoms in total. The van der Waals surface area contributed by atoms with E-state index in [9.17, 15) is 9.59 Å². The van der Waals surface area contributed by atoms with Gasteiger partial charge in [0.1, 0.15) is 15.5 Å². The summed E-state index contributed by atoms with van der Waals surface area (Å²) in [6, 6.07) is 3.72. The van der Waals surface area contributed by atoms with Gasteiger partial charge in [0.15, 0.2) is 0 Å². The highest BCUT2D eigenvalue weighted by atomic mass is 35.5. The molecule has 0 radical (unpaired) electrons. The van der Waals surface area contributed by atoms with E-state index in [2.05, 4.69) is 9.97 Å². The van der Waals surface area contributed by atoms with Gasteiger partial charge in [-0.2, -0.15) is 0 Å². The monoisotopic (exact) mass is 368 g/mol. The molecule has 23 heavy (non-hydrogen) atoms. The van der Waals surface area contributed by atoms with Crippen molar-refractivity contribution in [3.05, 3.63) is 48.0 Å². The van der Waals surface area contributed by atoms with Gasteiger partial charge in [0, 0.05) is 11.3 Å². The van der Waals surface area contributed by atoms with Crippen molar-refractivity contribution < 1.29 is 9.53 Å². The number of nitrogens with one attached hydrogen (secondary N) is 1. The van der Waals surface area contributed by atoms with Gasteiger partial charge in [-0.05, 0) is 31.5 Å². The van der Waals surface area contributed by atoms with Crippen molar-refractivity contribution in [1.82, 2.24) is 9.97 Å². The van der Waals surface area contributed by atoms with E-state index in [1.807, 2.05) is 12.1 Å². The normalized spacial score (nSPS) is 11.1. The molecule has 0 saturated heterocycles. The molecule has 3 aromatic rings. The predicted molar refractivity (Wildman–Crippen MR) is 93.1 cm³/mol. The summed E-state index contributed by atoms with van der Waals surface area (Å²) in [4.78, 5) is 33.6. The van der Waals surface area contributed by atoms with Crippen molar-refractivity contribution in [2.75, 3.05) is 6.61 Å². The third-order valence-electron chi connectivity index (χ3n) is 3.28. The molecular weight excluding hydrogens is 356 g/mol. The molecule has 0 aromatic carbocycles. The fraction of sp³-hybridized carbons (Fsp3) is 0.267. The molecular formula is C15H13ClN2O3S2. The summed E-state index contributed by atoms with van der Waals surface area (Å²) in [5.41, 5.74) is 0.375. The minimum absolute atomic E-state index is 0.239. The molecule has 3 heterocycles. The van der Waals surface area contributed by atoms with Crippen LogP contribution in [0.1, 0.15) is 32.9 Å². The van der Waals surface area contributed by atoms with Gasteiger partial charge in [-0.3, -0.25) is 4.79 Å². The SMILES string of the molecule is CCOC(=O)c1sc2nc(Cc3ccc(Cl)s3)[nH]c(=O)c2c1C. The number of carbonyl (C=O) groups is 1. The van der Waals surface area contributed by atoms with E-state index in [4.69, 9.17) is 16.3 Å². The average Bonchev–Trinajstić information content (AvgIpc) is 3.03. The zero-order chi connectivity index (χ0) is 16.6. The van der Waals surface area contributed by atoms with E-state index in [-0.39, 0.29) is 5.56 Å². The lowest BCUT2D eigenvalue weighted by molar-refractivity contribution is 0.0531. The molecule has 3 rings (SSSR count). The van der Waals surface area contributed by atoms with Crippen molar-refractivity contribution in [2.24, 2.45) is 0 Å². The van der Waals surface area contributed by atoms with Crippen molar-refractivity contribution in [3.63, 3.8) is 0 Å². The molecule has 0 fully saturated rings. The summed E-state index contributed by atoms with van der Waals surface area (Å²) < 4.78 is 5.72. The fourth-order valence-electron chi connectivity index (χ4n) is 2.28. The minimum Gasteiger partial charge on any atom is -0.462 e. The van der Waals surface area contributed by atoms with Crippen LogP contribution in [0.3, 0.4) is 0 Å². The quantitative estimate of drug-likeness (QED) is 0.711. The summed E-state index contributed by atoms with van der Waals surface area (Å²) in [6.45, 7) is 3.78. The zero-order valence-corrected chi connectivity index (χ0v) is 14.8. The van der Waals surface area contributed by atoms with E-state index in [1.165, 1.54) is 22.7 Å². The van der Waals surface area contributed by atoms with Crippen LogP contribution >= 0.6 is 34.3 Å². The molecule has 0 aliphatic heterocycles. The molecule has 0 aliphatic rings. The maximum atomic E-state index is 12.3. The number of aromatic nitrogens is 2. The lowest BCUT2D eigenvalue weighted by Gasteiger charge is -1.99. The molecule has 3 aromatic heterocycles. The van der Waals surface area contributed by atoms with Gasteiger partial charge >= 0.3 is 5.97 Å². The zero-order valence-electron chi connectivity index (χ0n) is 12.4. The summed E-state index contributed by atoms with van der Waals surface area (Å²) in [6.07, 6.45) is 0.494. The Bertz CT molecular complexity index is 942. The van der Waals surface area contributed by atoms with Gasteiger partial charge in [-0.1, -0.05) is 11.6 Å². The summed E-state index contributed by atoms with van der Waals surface area (Å²) in [5, 5.41) is 0.450. The molecule has 0 saturated carbocycles. The lowest BCUT2D eigenvalue weighted by Crippen LogP contribution is -2.12. The molecule has 0 unspecified atom stereocenters. The number of thiophene rings is 2. The first-order chi connectivity index (χ1) is 11.0. The van der Waals surface area contributed by atoms with Gasteiger partial charge in [0.2, 0.25) is 0 Å². The second-order valence-corrected chi connectivity index (χ2v) is 7.65. The number of ether oxygens (including phenoxy) is 1. The van der Waals surface area contributed by atoms with Gasteiger partial charge in [0.25, 0.3) is 5.56 Å². The maximum Gasteiger partial charge on any atom is 0.348 e. The van der Waals surface area contributed by atoms with Crippen molar-refractivity contribution in [1.29, 1.82) is 0 Å². The number of H-pyrrole nitrogens is 1. The first-order valence-corrected chi connectivity index (χ1v) is 8.94. The van der Waals surface area contributed by atoms with Gasteiger partial charge in [0.05, 0.1) is 16.3 Å². The second kappa shape index (κ2) is 6.43. The first-order valence-electron chi connectivity index (χ1n) is 6.93. The van der Waals surface area contributed by atoms with Crippen LogP contribution in [-0.2, 0) is 11.2 Å². The van der Waals surface area contributed by atoms with E-state index in [1.54, 1.807) is 13.8 Å². The molecule has 8 heteroatoms. The number of aryl methyl sites for hydroxylation is 1. The fourth-order valence-corrected chi connectivity index (χ4v) is 4.46. The van der Waals surface area contributed by atoms with Crippen LogP contribution in [0.5, 0.6) is 0 Å². The summed E-state index contributed by atoms with van der Waals surface area (Å²) in [5.74, 6) is 0.136. The van der Waals surface area contributed by atoms with Crippen LogP contribution in [0.15, 0.2) is 16.9 Å². The third-order valence-corrected chi connectivity index (χ3v) is 5.68. The number of aromatic amines is 1. The number of rotatable bonds is 4. The third kappa shape index (κ3) is 3.17. The molecule has 0 spiro atoms. The Morgan fingerprint density at radius 2 is 2.17 bits per heavy atom. The number of hydrogen-bond acceptors (Lipinski definition) is 6. The van der Waals surface area contributed by atoms with Gasteiger partial charge < -0.3 is 9.72 Å². The molecule has 1 N–H and O–H groups in total. The van der Waals surface area contributed by atoms with Crippen LogP contribution in [0.2, 0.25) is 4.34 Å². The first kappa shape index (κ1) is 16.2. The summed E-state index contributed by atoms with van der Waals surface area (Å²) in [7, 11) is 0. The Balaban J connectivity index is 2.04. The number of halogens is 1. The number of esters is 1. The Labute approximate surface area is 144 Å². The highest BCUT2D eigenvalue weighted by molar-refractivity contribution is 7.20. The van der Waals surface area contributed by atoms with Crippen LogP contribution in [0.4, 0.5) is 0 Å². The number of fused-ring (bicyclic) bond motifs is 1. The lowest BCUT2D eigenvalue weighted by atomic mass is 10.2. The van der Waals surface area contributed by atoms with Crippen molar-refractivity contribution in [3.8, 4) is 0 Å². The molecule has 0 aliphatic carbocycles.